The van der Waals surface area contributed by atoms with Crippen LogP contribution in [-0.4, -0.2) is 35.1 Å². The van der Waals surface area contributed by atoms with Crippen molar-refractivity contribution in [3.63, 3.8) is 0 Å². The van der Waals surface area contributed by atoms with Crippen molar-refractivity contribution >= 4 is 0 Å². The molecule has 1 N–H and O–H groups in total. The van der Waals surface area contributed by atoms with Gasteiger partial charge in [0.2, 0.25) is 0 Å². The summed E-state index contributed by atoms with van der Waals surface area (Å²) in [6.45, 7) is 12.2. The minimum atomic E-state index is -0.129. The molecule has 3 nitrogen and oxygen atoms in total. The predicted octanol–water partition coefficient (Wildman–Crippen LogP) is 4.63. The van der Waals surface area contributed by atoms with E-state index < -0.39 is 0 Å². The molecule has 2 aliphatic carbocycles. The Morgan fingerprint density at radius 1 is 1.08 bits per heavy atom. The first-order chi connectivity index (χ1) is 11.7. The Morgan fingerprint density at radius 3 is 2.52 bits per heavy atom. The van der Waals surface area contributed by atoms with E-state index in [1.807, 2.05) is 0 Å². The molecule has 0 radical (unpaired) electrons. The van der Waals surface area contributed by atoms with Gasteiger partial charge in [0.05, 0.1) is 23.9 Å². The summed E-state index contributed by atoms with van der Waals surface area (Å²) in [5, 5.41) is 9.30. The maximum atomic E-state index is 9.30. The third-order valence-electron chi connectivity index (χ3n) is 8.38. The van der Waals surface area contributed by atoms with Crippen LogP contribution in [0.1, 0.15) is 79.6 Å². The highest BCUT2D eigenvalue weighted by Crippen LogP contribution is 2.66. The van der Waals surface area contributed by atoms with E-state index in [9.17, 15) is 5.11 Å². The summed E-state index contributed by atoms with van der Waals surface area (Å²) < 4.78 is 12.7. The van der Waals surface area contributed by atoms with Crippen molar-refractivity contribution in [2.45, 2.75) is 103 Å². The lowest BCUT2D eigenvalue weighted by molar-refractivity contribution is -0.190. The van der Waals surface area contributed by atoms with Crippen LogP contribution < -0.4 is 0 Å². The van der Waals surface area contributed by atoms with E-state index in [0.29, 0.717) is 11.3 Å². The van der Waals surface area contributed by atoms with Crippen LogP contribution in [0, 0.1) is 16.7 Å². The highest BCUT2D eigenvalue weighted by Gasteiger charge is 2.65. The first-order valence-corrected chi connectivity index (χ1v) is 10.3. The molecule has 0 aromatic heterocycles. The number of fused-ring (bicyclic) bond motifs is 2. The molecule has 1 saturated carbocycles. The van der Waals surface area contributed by atoms with Crippen molar-refractivity contribution in [2.24, 2.45) is 16.7 Å². The van der Waals surface area contributed by atoms with Gasteiger partial charge in [-0.3, -0.25) is 0 Å². The average Bonchev–Trinajstić information content (AvgIpc) is 3.16. The molecule has 142 valence electrons. The van der Waals surface area contributed by atoms with Gasteiger partial charge in [-0.2, -0.15) is 0 Å². The molecule has 2 heterocycles. The second-order valence-electron chi connectivity index (χ2n) is 10.4. The van der Waals surface area contributed by atoms with Crippen molar-refractivity contribution in [1.29, 1.82) is 0 Å². The number of epoxide rings is 1. The second-order valence-corrected chi connectivity index (χ2v) is 10.4. The van der Waals surface area contributed by atoms with E-state index in [-0.39, 0.29) is 35.4 Å². The van der Waals surface area contributed by atoms with Crippen LogP contribution in [-0.2, 0) is 9.47 Å². The van der Waals surface area contributed by atoms with Gasteiger partial charge in [0.15, 0.2) is 0 Å². The summed E-state index contributed by atoms with van der Waals surface area (Å²) in [6.07, 6.45) is 11.0. The van der Waals surface area contributed by atoms with Gasteiger partial charge in [-0.05, 0) is 62.9 Å². The van der Waals surface area contributed by atoms with Gasteiger partial charge in [-0.25, -0.2) is 0 Å². The first-order valence-electron chi connectivity index (χ1n) is 10.3. The molecule has 4 aliphatic rings. The van der Waals surface area contributed by atoms with Crippen LogP contribution >= 0.6 is 0 Å². The zero-order chi connectivity index (χ0) is 18.1. The smallest absolute Gasteiger partial charge is 0.107 e. The number of hydrogen-bond donors (Lipinski definition) is 1. The Balaban J connectivity index is 1.64. The van der Waals surface area contributed by atoms with Gasteiger partial charge in [0, 0.05) is 11.8 Å². The highest BCUT2D eigenvalue weighted by atomic mass is 16.6. The molecule has 2 aliphatic heterocycles. The van der Waals surface area contributed by atoms with Crippen LogP contribution in [0.2, 0.25) is 0 Å². The normalized spacial score (nSPS) is 51.3. The fraction of sp³-hybridized carbons (Fsp3) is 0.909. The SMILES string of the molecule is CC1=CC[C@H]2C(C)(C)CCC[C@]2(C)[C@@]12CC[C@@](C)(C[C@@H]1O[C@H]1CO)O2. The average molecular weight is 349 g/mol. The second kappa shape index (κ2) is 5.56. The molecule has 6 atom stereocenters. The largest absolute Gasteiger partial charge is 0.394 e. The lowest BCUT2D eigenvalue weighted by Gasteiger charge is -2.61. The van der Waals surface area contributed by atoms with Gasteiger partial charge >= 0.3 is 0 Å². The van der Waals surface area contributed by atoms with E-state index in [0.717, 1.165) is 19.3 Å². The Kier molecular flexibility index (Phi) is 4.00. The summed E-state index contributed by atoms with van der Waals surface area (Å²) in [4.78, 5) is 0. The molecule has 4 rings (SSSR count). The predicted molar refractivity (Wildman–Crippen MR) is 99.4 cm³/mol. The molecule has 0 aromatic rings. The number of hydrogen-bond acceptors (Lipinski definition) is 3. The summed E-state index contributed by atoms with van der Waals surface area (Å²) in [5.74, 6) is 0.696. The molecule has 0 unspecified atom stereocenters. The lowest BCUT2D eigenvalue weighted by Crippen LogP contribution is -2.59. The van der Waals surface area contributed by atoms with E-state index >= 15 is 0 Å². The zero-order valence-corrected chi connectivity index (χ0v) is 16.7. The molecule has 25 heavy (non-hydrogen) atoms. The summed E-state index contributed by atoms with van der Waals surface area (Å²) >= 11 is 0. The van der Waals surface area contributed by atoms with Crippen molar-refractivity contribution < 1.29 is 14.6 Å². The van der Waals surface area contributed by atoms with Crippen LogP contribution in [0.3, 0.4) is 0 Å². The Labute approximate surface area is 153 Å². The first kappa shape index (κ1) is 18.0. The molecular weight excluding hydrogens is 312 g/mol. The van der Waals surface area contributed by atoms with E-state index in [1.165, 1.54) is 31.3 Å². The van der Waals surface area contributed by atoms with Crippen LogP contribution in [0.15, 0.2) is 11.6 Å². The van der Waals surface area contributed by atoms with E-state index in [1.54, 1.807) is 0 Å². The van der Waals surface area contributed by atoms with Gasteiger partial charge in [-0.1, -0.05) is 33.3 Å². The molecule has 0 bridgehead atoms. The van der Waals surface area contributed by atoms with Crippen LogP contribution in [0.5, 0.6) is 0 Å². The summed E-state index contributed by atoms with van der Waals surface area (Å²) in [7, 11) is 0. The molecule has 2 saturated heterocycles. The van der Waals surface area contributed by atoms with Gasteiger partial charge in [0.1, 0.15) is 6.10 Å². The van der Waals surface area contributed by atoms with E-state index in [2.05, 4.69) is 40.7 Å². The van der Waals surface area contributed by atoms with Gasteiger partial charge < -0.3 is 14.6 Å². The zero-order valence-electron chi connectivity index (χ0n) is 16.7. The minimum Gasteiger partial charge on any atom is -0.394 e. The van der Waals surface area contributed by atoms with Crippen molar-refractivity contribution in [3.8, 4) is 0 Å². The number of rotatable bonds is 3. The van der Waals surface area contributed by atoms with Gasteiger partial charge in [0.25, 0.3) is 0 Å². The van der Waals surface area contributed by atoms with E-state index in [4.69, 9.17) is 9.47 Å². The number of aliphatic hydroxyl groups excluding tert-OH is 1. The standard InChI is InChI=1S/C22H36O3/c1-15-7-8-18-19(2,3)9-6-10-21(18,5)22(15)12-11-20(4,25-22)13-16-17(14-23)24-16/h7,16-18,23H,6,8-14H2,1-5H3/t16-,17-,18-,20-,21-,22+/m0/s1. The van der Waals surface area contributed by atoms with Gasteiger partial charge in [-0.15, -0.1) is 0 Å². The van der Waals surface area contributed by atoms with Crippen molar-refractivity contribution in [2.75, 3.05) is 6.61 Å². The quantitative estimate of drug-likeness (QED) is 0.597. The molecule has 0 amide bonds. The Hall–Kier alpha value is -0.380. The lowest BCUT2D eigenvalue weighted by atomic mass is 9.46. The molecule has 1 spiro atoms. The maximum Gasteiger partial charge on any atom is 0.107 e. The topological polar surface area (TPSA) is 42.0 Å². The minimum absolute atomic E-state index is 0.0388. The number of allylic oxidation sites excluding steroid dienone is 1. The maximum absolute atomic E-state index is 9.30. The van der Waals surface area contributed by atoms with Crippen LogP contribution in [0.25, 0.3) is 0 Å². The molecular formula is C22H36O3. The fourth-order valence-electron chi connectivity index (χ4n) is 6.83. The molecule has 0 aromatic carbocycles. The highest BCUT2D eigenvalue weighted by molar-refractivity contribution is 5.30. The van der Waals surface area contributed by atoms with Crippen LogP contribution in [0.4, 0.5) is 0 Å². The monoisotopic (exact) mass is 348 g/mol. The third kappa shape index (κ3) is 2.56. The number of aliphatic hydroxyl groups is 1. The summed E-state index contributed by atoms with van der Waals surface area (Å²) in [5.41, 5.74) is 1.85. The van der Waals surface area contributed by atoms with Crippen molar-refractivity contribution in [1.82, 2.24) is 0 Å². The molecule has 3 heteroatoms. The Bertz CT molecular complexity index is 582. The number of ether oxygens (including phenoxy) is 2. The fourth-order valence-corrected chi connectivity index (χ4v) is 6.83. The Morgan fingerprint density at radius 2 is 1.84 bits per heavy atom. The molecule has 3 fully saturated rings. The summed E-state index contributed by atoms with van der Waals surface area (Å²) in [6, 6.07) is 0. The van der Waals surface area contributed by atoms with Crippen molar-refractivity contribution in [3.05, 3.63) is 11.6 Å². The third-order valence-corrected chi connectivity index (χ3v) is 8.38.